The summed E-state index contributed by atoms with van der Waals surface area (Å²) in [5, 5.41) is 3.21. The quantitative estimate of drug-likeness (QED) is 0.628. The Hall–Kier alpha value is -1.46. The number of carbonyl (C=O) groups is 2. The predicted octanol–water partition coefficient (Wildman–Crippen LogP) is 2.44. The van der Waals surface area contributed by atoms with Crippen LogP contribution in [0, 0.1) is 0 Å². The summed E-state index contributed by atoms with van der Waals surface area (Å²) in [6, 6.07) is 5.17. The molecule has 1 aromatic rings. The van der Waals surface area contributed by atoms with Crippen LogP contribution in [0.5, 0.6) is 0 Å². The lowest BCUT2D eigenvalue weighted by atomic mass is 10.3. The van der Waals surface area contributed by atoms with Crippen LogP contribution >= 0.6 is 23.4 Å². The fourth-order valence-electron chi connectivity index (χ4n) is 1.30. The Balaban J connectivity index is 2.33. The van der Waals surface area contributed by atoms with E-state index in [4.69, 9.17) is 11.6 Å². The number of carbonyl (C=O) groups excluding carboxylic acids is 2. The SMILES string of the molecule is COC(=O)C=C1Sc2ccc(Cl)cc2NC1=O. The first-order chi connectivity index (χ1) is 8.10. The molecule has 0 aromatic heterocycles. The summed E-state index contributed by atoms with van der Waals surface area (Å²) in [5.41, 5.74) is 0.648. The Labute approximate surface area is 107 Å². The maximum absolute atomic E-state index is 11.7. The van der Waals surface area contributed by atoms with Gasteiger partial charge in [-0.15, -0.1) is 0 Å². The van der Waals surface area contributed by atoms with Crippen LogP contribution < -0.4 is 5.32 Å². The lowest BCUT2D eigenvalue weighted by Crippen LogP contribution is -2.18. The third-order valence-electron chi connectivity index (χ3n) is 2.08. The van der Waals surface area contributed by atoms with E-state index >= 15 is 0 Å². The first-order valence-corrected chi connectivity index (χ1v) is 5.88. The highest BCUT2D eigenvalue weighted by Gasteiger charge is 2.22. The van der Waals surface area contributed by atoms with E-state index < -0.39 is 5.97 Å². The number of methoxy groups -OCH3 is 1. The molecule has 1 N–H and O–H groups in total. The highest BCUT2D eigenvalue weighted by atomic mass is 35.5. The van der Waals surface area contributed by atoms with Crippen molar-refractivity contribution in [2.45, 2.75) is 4.90 Å². The van der Waals surface area contributed by atoms with Gasteiger partial charge in [0.2, 0.25) is 0 Å². The summed E-state index contributed by atoms with van der Waals surface area (Å²) in [5.74, 6) is -0.893. The maximum atomic E-state index is 11.7. The van der Waals surface area contributed by atoms with Gasteiger partial charge in [0.1, 0.15) is 0 Å². The van der Waals surface area contributed by atoms with Crippen molar-refractivity contribution in [2.24, 2.45) is 0 Å². The molecule has 1 aliphatic heterocycles. The molecular formula is C11H8ClNO3S. The van der Waals surface area contributed by atoms with Crippen LogP contribution in [-0.4, -0.2) is 19.0 Å². The Morgan fingerprint density at radius 1 is 1.53 bits per heavy atom. The number of hydrogen-bond acceptors (Lipinski definition) is 4. The fraction of sp³-hybridized carbons (Fsp3) is 0.0909. The number of rotatable bonds is 1. The molecule has 0 saturated heterocycles. The van der Waals surface area contributed by atoms with Crippen molar-refractivity contribution in [1.82, 2.24) is 0 Å². The summed E-state index contributed by atoms with van der Waals surface area (Å²) in [6.07, 6.45) is 1.16. The molecule has 0 aliphatic carbocycles. The van der Waals surface area contributed by atoms with Gasteiger partial charge >= 0.3 is 5.97 Å². The number of halogens is 1. The van der Waals surface area contributed by atoms with Crippen molar-refractivity contribution in [2.75, 3.05) is 12.4 Å². The molecular weight excluding hydrogens is 262 g/mol. The molecule has 0 saturated carbocycles. The third-order valence-corrected chi connectivity index (χ3v) is 3.42. The minimum absolute atomic E-state index is 0.298. The lowest BCUT2D eigenvalue weighted by Gasteiger charge is -2.18. The first kappa shape index (κ1) is 12.0. The van der Waals surface area contributed by atoms with Crippen molar-refractivity contribution >= 4 is 40.9 Å². The van der Waals surface area contributed by atoms with Gasteiger partial charge < -0.3 is 10.1 Å². The zero-order valence-electron chi connectivity index (χ0n) is 8.82. The minimum Gasteiger partial charge on any atom is -0.466 e. The van der Waals surface area contributed by atoms with Crippen LogP contribution in [0.4, 0.5) is 5.69 Å². The van der Waals surface area contributed by atoms with Crippen LogP contribution in [0.25, 0.3) is 0 Å². The number of ether oxygens (including phenoxy) is 1. The van der Waals surface area contributed by atoms with Gasteiger partial charge in [-0.1, -0.05) is 23.4 Å². The van der Waals surface area contributed by atoms with Crippen LogP contribution in [0.1, 0.15) is 0 Å². The van der Waals surface area contributed by atoms with Gasteiger partial charge in [0.15, 0.2) is 0 Å². The first-order valence-electron chi connectivity index (χ1n) is 4.68. The minimum atomic E-state index is -0.555. The van der Waals surface area contributed by atoms with Crippen LogP contribution in [0.15, 0.2) is 34.1 Å². The molecule has 0 unspecified atom stereocenters. The van der Waals surface area contributed by atoms with E-state index in [9.17, 15) is 9.59 Å². The number of amides is 1. The average Bonchev–Trinajstić information content (AvgIpc) is 2.30. The Morgan fingerprint density at radius 2 is 2.29 bits per heavy atom. The van der Waals surface area contributed by atoms with Gasteiger partial charge in [0, 0.05) is 16.0 Å². The molecule has 1 heterocycles. The Bertz CT molecular complexity index is 527. The fourth-order valence-corrected chi connectivity index (χ4v) is 2.36. The molecule has 4 nitrogen and oxygen atoms in total. The van der Waals surface area contributed by atoms with Crippen molar-refractivity contribution in [1.29, 1.82) is 0 Å². The van der Waals surface area contributed by atoms with Crippen molar-refractivity contribution in [3.8, 4) is 0 Å². The van der Waals surface area contributed by atoms with E-state index in [2.05, 4.69) is 10.1 Å². The van der Waals surface area contributed by atoms with Crippen LogP contribution in [-0.2, 0) is 14.3 Å². The smallest absolute Gasteiger partial charge is 0.331 e. The molecule has 0 atom stereocenters. The highest BCUT2D eigenvalue weighted by Crippen LogP contribution is 2.39. The maximum Gasteiger partial charge on any atom is 0.331 e. The zero-order valence-corrected chi connectivity index (χ0v) is 10.4. The van der Waals surface area contributed by atoms with E-state index in [-0.39, 0.29) is 5.91 Å². The second kappa shape index (κ2) is 4.81. The second-order valence-electron chi connectivity index (χ2n) is 3.23. The standard InChI is InChI=1S/C11H8ClNO3S/c1-16-10(14)5-9-11(15)13-7-4-6(12)2-3-8(7)17-9/h2-5H,1H3,(H,13,15). The summed E-state index contributed by atoms with van der Waals surface area (Å²) >= 11 is 7.03. The van der Waals surface area contributed by atoms with Crippen molar-refractivity contribution in [3.63, 3.8) is 0 Å². The molecule has 1 aromatic carbocycles. The Morgan fingerprint density at radius 3 is 3.00 bits per heavy atom. The number of hydrogen-bond donors (Lipinski definition) is 1. The molecule has 0 bridgehead atoms. The summed E-state index contributed by atoms with van der Waals surface area (Å²) < 4.78 is 4.48. The van der Waals surface area contributed by atoms with E-state index in [1.54, 1.807) is 18.2 Å². The third kappa shape index (κ3) is 2.62. The number of thioether (sulfide) groups is 1. The van der Waals surface area contributed by atoms with E-state index in [0.717, 1.165) is 11.0 Å². The number of nitrogens with one attached hydrogen (secondary N) is 1. The average molecular weight is 270 g/mol. The zero-order chi connectivity index (χ0) is 12.4. The number of fused-ring (bicyclic) bond motifs is 1. The summed E-state index contributed by atoms with van der Waals surface area (Å²) in [7, 11) is 1.26. The van der Waals surface area contributed by atoms with Gasteiger partial charge in [0.05, 0.1) is 17.7 Å². The number of esters is 1. The van der Waals surface area contributed by atoms with Gasteiger partial charge in [-0.2, -0.15) is 0 Å². The molecule has 88 valence electrons. The summed E-state index contributed by atoms with van der Waals surface area (Å²) in [6.45, 7) is 0. The Kier molecular flexibility index (Phi) is 3.40. The largest absolute Gasteiger partial charge is 0.466 e. The van der Waals surface area contributed by atoms with Gasteiger partial charge in [0.25, 0.3) is 5.91 Å². The number of anilines is 1. The second-order valence-corrected chi connectivity index (χ2v) is 4.75. The summed E-state index contributed by atoms with van der Waals surface area (Å²) in [4.78, 5) is 23.9. The lowest BCUT2D eigenvalue weighted by molar-refractivity contribution is -0.135. The van der Waals surface area contributed by atoms with Crippen LogP contribution in [0.3, 0.4) is 0 Å². The topological polar surface area (TPSA) is 55.4 Å². The molecule has 6 heteroatoms. The molecule has 1 aliphatic rings. The van der Waals surface area contributed by atoms with E-state index in [1.165, 1.54) is 18.9 Å². The number of benzene rings is 1. The molecule has 17 heavy (non-hydrogen) atoms. The van der Waals surface area contributed by atoms with Gasteiger partial charge in [-0.3, -0.25) is 4.79 Å². The molecule has 1 amide bonds. The molecule has 0 spiro atoms. The predicted molar refractivity (Wildman–Crippen MR) is 66.0 cm³/mol. The molecule has 2 rings (SSSR count). The van der Waals surface area contributed by atoms with Gasteiger partial charge in [-0.25, -0.2) is 4.79 Å². The normalized spacial score (nSPS) is 16.4. The highest BCUT2D eigenvalue weighted by molar-refractivity contribution is 8.04. The molecule has 0 fully saturated rings. The van der Waals surface area contributed by atoms with E-state index in [1.807, 2.05) is 0 Å². The van der Waals surface area contributed by atoms with Crippen molar-refractivity contribution < 1.29 is 14.3 Å². The van der Waals surface area contributed by atoms with Gasteiger partial charge in [-0.05, 0) is 18.2 Å². The monoisotopic (exact) mass is 269 g/mol. The van der Waals surface area contributed by atoms with Crippen molar-refractivity contribution in [3.05, 3.63) is 34.2 Å². The molecule has 0 radical (unpaired) electrons. The van der Waals surface area contributed by atoms with E-state index in [0.29, 0.717) is 15.6 Å². The van der Waals surface area contributed by atoms with Crippen LogP contribution in [0.2, 0.25) is 5.02 Å².